The molecule has 0 amide bonds. The highest BCUT2D eigenvalue weighted by molar-refractivity contribution is 7.80. The summed E-state index contributed by atoms with van der Waals surface area (Å²) in [5, 5.41) is 8.46. The SMILES string of the molecule is CCCC(=S)Oc1cc(Cl)nnc1-c1ccc(F)cc1. The number of nitrogens with zero attached hydrogens (tertiary/aromatic N) is 2. The maximum absolute atomic E-state index is 13.0. The fourth-order valence-electron chi connectivity index (χ4n) is 1.62. The molecule has 0 aliphatic carbocycles. The predicted molar refractivity (Wildman–Crippen MR) is 80.6 cm³/mol. The van der Waals surface area contributed by atoms with Gasteiger partial charge in [0, 0.05) is 18.1 Å². The molecule has 1 aromatic carbocycles. The van der Waals surface area contributed by atoms with E-state index < -0.39 is 0 Å². The zero-order valence-electron chi connectivity index (χ0n) is 10.8. The second-order valence-electron chi connectivity index (χ2n) is 4.11. The van der Waals surface area contributed by atoms with Gasteiger partial charge in [-0.15, -0.1) is 10.2 Å². The molecule has 1 aromatic heterocycles. The maximum Gasteiger partial charge on any atom is 0.167 e. The number of aromatic nitrogens is 2. The molecule has 0 aliphatic rings. The molecule has 0 atom stereocenters. The minimum Gasteiger partial charge on any atom is -0.448 e. The highest BCUT2D eigenvalue weighted by Crippen LogP contribution is 2.29. The molecule has 0 radical (unpaired) electrons. The normalized spacial score (nSPS) is 10.3. The van der Waals surface area contributed by atoms with Crippen molar-refractivity contribution >= 4 is 28.9 Å². The van der Waals surface area contributed by atoms with Crippen LogP contribution in [0.2, 0.25) is 5.15 Å². The number of hydrogen-bond donors (Lipinski definition) is 0. The molecule has 0 spiro atoms. The largest absolute Gasteiger partial charge is 0.448 e. The first-order valence-corrected chi connectivity index (χ1v) is 6.88. The van der Waals surface area contributed by atoms with Crippen LogP contribution in [-0.2, 0) is 0 Å². The van der Waals surface area contributed by atoms with E-state index in [1.54, 1.807) is 18.2 Å². The molecule has 0 unspecified atom stereocenters. The minimum absolute atomic E-state index is 0.213. The second kappa shape index (κ2) is 6.72. The van der Waals surface area contributed by atoms with Gasteiger partial charge in [-0.25, -0.2) is 4.39 Å². The quantitative estimate of drug-likeness (QED) is 0.782. The van der Waals surface area contributed by atoms with Crippen molar-refractivity contribution in [2.45, 2.75) is 19.8 Å². The number of rotatable bonds is 4. The Balaban J connectivity index is 2.37. The fraction of sp³-hybridized carbons (Fsp3) is 0.214. The van der Waals surface area contributed by atoms with Gasteiger partial charge < -0.3 is 4.74 Å². The first kappa shape index (κ1) is 14.8. The minimum atomic E-state index is -0.320. The summed E-state index contributed by atoms with van der Waals surface area (Å²) in [4.78, 5) is 0. The van der Waals surface area contributed by atoms with E-state index in [1.807, 2.05) is 6.92 Å². The van der Waals surface area contributed by atoms with E-state index in [0.29, 0.717) is 28.5 Å². The Bertz CT molecular complexity index is 619. The summed E-state index contributed by atoms with van der Waals surface area (Å²) in [6, 6.07) is 7.45. The number of hydrogen-bond acceptors (Lipinski definition) is 4. The summed E-state index contributed by atoms with van der Waals surface area (Å²) >= 11 is 11.0. The van der Waals surface area contributed by atoms with Crippen LogP contribution >= 0.6 is 23.8 Å². The van der Waals surface area contributed by atoms with Crippen molar-refractivity contribution in [3.05, 3.63) is 41.3 Å². The zero-order chi connectivity index (χ0) is 14.5. The van der Waals surface area contributed by atoms with Crippen molar-refractivity contribution in [1.82, 2.24) is 10.2 Å². The summed E-state index contributed by atoms with van der Waals surface area (Å²) < 4.78 is 18.6. The number of thiocarbonyl (C=S) groups is 1. The second-order valence-corrected chi connectivity index (χ2v) is 4.95. The van der Waals surface area contributed by atoms with E-state index >= 15 is 0 Å². The molecule has 3 nitrogen and oxygen atoms in total. The highest BCUT2D eigenvalue weighted by atomic mass is 35.5. The lowest BCUT2D eigenvalue weighted by Gasteiger charge is -2.10. The Morgan fingerprint density at radius 3 is 2.65 bits per heavy atom. The van der Waals surface area contributed by atoms with E-state index in [9.17, 15) is 4.39 Å². The number of halogens is 2. The molecule has 20 heavy (non-hydrogen) atoms. The van der Waals surface area contributed by atoms with Crippen molar-refractivity contribution < 1.29 is 9.13 Å². The van der Waals surface area contributed by atoms with Gasteiger partial charge in [0.1, 0.15) is 11.5 Å². The molecular formula is C14H12ClFN2OS. The van der Waals surface area contributed by atoms with Crippen LogP contribution in [0.15, 0.2) is 30.3 Å². The molecule has 6 heteroatoms. The van der Waals surface area contributed by atoms with Gasteiger partial charge in [0.05, 0.1) is 0 Å². The molecule has 0 N–H and O–H groups in total. The van der Waals surface area contributed by atoms with Crippen LogP contribution in [0, 0.1) is 5.82 Å². The first-order chi connectivity index (χ1) is 9.60. The van der Waals surface area contributed by atoms with E-state index in [1.165, 1.54) is 12.1 Å². The molecular weight excluding hydrogens is 299 g/mol. The summed E-state index contributed by atoms with van der Waals surface area (Å²) in [6.07, 6.45) is 1.55. The molecule has 0 aliphatic heterocycles. The Morgan fingerprint density at radius 1 is 1.30 bits per heavy atom. The topological polar surface area (TPSA) is 35.0 Å². The van der Waals surface area contributed by atoms with Gasteiger partial charge in [-0.1, -0.05) is 18.5 Å². The van der Waals surface area contributed by atoms with Crippen LogP contribution in [0.1, 0.15) is 19.8 Å². The van der Waals surface area contributed by atoms with E-state index in [-0.39, 0.29) is 11.0 Å². The Morgan fingerprint density at radius 2 is 2.00 bits per heavy atom. The lowest BCUT2D eigenvalue weighted by atomic mass is 10.1. The van der Waals surface area contributed by atoms with Gasteiger partial charge in [0.2, 0.25) is 0 Å². The third-order valence-corrected chi connectivity index (χ3v) is 3.00. The molecule has 104 valence electrons. The van der Waals surface area contributed by atoms with Gasteiger partial charge in [-0.2, -0.15) is 0 Å². The molecule has 0 fully saturated rings. The van der Waals surface area contributed by atoms with Crippen LogP contribution in [0.25, 0.3) is 11.3 Å². The lowest BCUT2D eigenvalue weighted by Crippen LogP contribution is -2.06. The van der Waals surface area contributed by atoms with Crippen molar-refractivity contribution in [2.24, 2.45) is 0 Å². The van der Waals surface area contributed by atoms with Crippen LogP contribution < -0.4 is 4.74 Å². The van der Waals surface area contributed by atoms with Crippen LogP contribution in [0.4, 0.5) is 4.39 Å². The first-order valence-electron chi connectivity index (χ1n) is 6.10. The summed E-state index contributed by atoms with van der Waals surface area (Å²) in [7, 11) is 0. The number of ether oxygens (including phenoxy) is 1. The average molecular weight is 311 g/mol. The summed E-state index contributed by atoms with van der Waals surface area (Å²) in [5.41, 5.74) is 1.16. The molecule has 1 heterocycles. The van der Waals surface area contributed by atoms with E-state index in [4.69, 9.17) is 28.6 Å². The monoisotopic (exact) mass is 310 g/mol. The smallest absolute Gasteiger partial charge is 0.167 e. The molecule has 2 aromatic rings. The van der Waals surface area contributed by atoms with Crippen LogP contribution in [0.5, 0.6) is 5.75 Å². The van der Waals surface area contributed by atoms with Gasteiger partial charge in [-0.05, 0) is 42.9 Å². The average Bonchev–Trinajstić information content (AvgIpc) is 2.40. The number of benzene rings is 1. The summed E-state index contributed by atoms with van der Waals surface area (Å²) in [5.74, 6) is 0.106. The fourth-order valence-corrected chi connectivity index (χ4v) is 2.05. The van der Waals surface area contributed by atoms with Crippen molar-refractivity contribution in [1.29, 1.82) is 0 Å². The zero-order valence-corrected chi connectivity index (χ0v) is 12.3. The van der Waals surface area contributed by atoms with Gasteiger partial charge in [0.15, 0.2) is 16.0 Å². The molecule has 0 bridgehead atoms. The predicted octanol–water partition coefficient (Wildman–Crippen LogP) is 4.44. The molecule has 0 saturated carbocycles. The standard InChI is InChI=1S/C14H12ClFN2OS/c1-2-3-13(20)19-11-8-12(15)17-18-14(11)9-4-6-10(16)7-5-9/h4-8H,2-3H2,1H3. The van der Waals surface area contributed by atoms with Crippen LogP contribution in [-0.4, -0.2) is 15.2 Å². The highest BCUT2D eigenvalue weighted by Gasteiger charge is 2.12. The molecule has 2 rings (SSSR count). The van der Waals surface area contributed by atoms with Gasteiger partial charge >= 0.3 is 0 Å². The molecule has 0 saturated heterocycles. The third kappa shape index (κ3) is 3.71. The van der Waals surface area contributed by atoms with Gasteiger partial charge in [0.25, 0.3) is 0 Å². The van der Waals surface area contributed by atoms with Crippen molar-refractivity contribution in [2.75, 3.05) is 0 Å². The maximum atomic E-state index is 13.0. The Labute approximate surface area is 126 Å². The van der Waals surface area contributed by atoms with E-state index in [2.05, 4.69) is 10.2 Å². The van der Waals surface area contributed by atoms with Crippen LogP contribution in [0.3, 0.4) is 0 Å². The Kier molecular flexibility index (Phi) is 4.98. The van der Waals surface area contributed by atoms with Crippen molar-refractivity contribution in [3.8, 4) is 17.0 Å². The summed E-state index contributed by atoms with van der Waals surface area (Å²) in [6.45, 7) is 2.01. The lowest BCUT2D eigenvalue weighted by molar-refractivity contribution is 0.542. The Hall–Kier alpha value is -1.59. The van der Waals surface area contributed by atoms with Crippen molar-refractivity contribution in [3.63, 3.8) is 0 Å². The van der Waals surface area contributed by atoms with E-state index in [0.717, 1.165) is 6.42 Å². The third-order valence-electron chi connectivity index (χ3n) is 2.52. The van der Waals surface area contributed by atoms with Gasteiger partial charge in [-0.3, -0.25) is 0 Å².